The van der Waals surface area contributed by atoms with E-state index < -0.39 is 0 Å². The maximum Gasteiger partial charge on any atom is 0.0811 e. The van der Waals surface area contributed by atoms with Gasteiger partial charge in [-0.05, 0) is 17.7 Å². The Morgan fingerprint density at radius 2 is 1.79 bits per heavy atom. The molecule has 3 nitrogen and oxygen atoms in total. The fourth-order valence-electron chi connectivity index (χ4n) is 3.67. The van der Waals surface area contributed by atoms with E-state index in [1.807, 2.05) is 18.2 Å². The molecule has 2 atom stereocenters. The van der Waals surface area contributed by atoms with Crippen LogP contribution in [0, 0.1) is 5.92 Å². The number of fused-ring (bicyclic) bond motifs is 1. The van der Waals surface area contributed by atoms with E-state index in [1.54, 1.807) is 0 Å². The summed E-state index contributed by atoms with van der Waals surface area (Å²) in [7, 11) is 0. The van der Waals surface area contributed by atoms with Crippen LogP contribution >= 0.6 is 23.2 Å². The molecule has 2 aliphatic heterocycles. The number of halogens is 2. The van der Waals surface area contributed by atoms with Crippen molar-refractivity contribution in [2.45, 2.75) is 19.0 Å². The van der Waals surface area contributed by atoms with Gasteiger partial charge >= 0.3 is 0 Å². The average molecular weight is 360 g/mol. The van der Waals surface area contributed by atoms with E-state index >= 15 is 0 Å². The van der Waals surface area contributed by atoms with Gasteiger partial charge in [0.1, 0.15) is 0 Å². The first-order valence-electron chi connectivity index (χ1n) is 8.24. The van der Waals surface area contributed by atoms with Gasteiger partial charge in [-0.15, -0.1) is 0 Å². The predicted octanol–water partition coefficient (Wildman–Crippen LogP) is 4.52. The van der Waals surface area contributed by atoms with Crippen LogP contribution in [0.3, 0.4) is 0 Å². The Balaban J connectivity index is 1.54. The summed E-state index contributed by atoms with van der Waals surface area (Å²) in [6, 6.07) is 16.3. The summed E-state index contributed by atoms with van der Waals surface area (Å²) in [6.45, 7) is 2.97. The lowest BCUT2D eigenvalue weighted by atomic mass is 9.86. The van der Waals surface area contributed by atoms with Gasteiger partial charge in [0.05, 0.1) is 6.04 Å². The minimum Gasteiger partial charge on any atom is -0.302 e. The second-order valence-corrected chi connectivity index (χ2v) is 7.24. The lowest BCUT2D eigenvalue weighted by Gasteiger charge is -2.34. The Hall–Kier alpha value is -1.55. The van der Waals surface area contributed by atoms with E-state index in [2.05, 4.69) is 45.8 Å². The number of hydrogen-bond acceptors (Lipinski definition) is 3. The van der Waals surface area contributed by atoms with E-state index in [0.717, 1.165) is 31.6 Å². The minimum atomic E-state index is 0.0553. The Labute approximate surface area is 152 Å². The Morgan fingerprint density at radius 3 is 2.54 bits per heavy atom. The normalized spacial score (nSPS) is 23.5. The largest absolute Gasteiger partial charge is 0.302 e. The van der Waals surface area contributed by atoms with Crippen molar-refractivity contribution in [2.75, 3.05) is 13.1 Å². The van der Waals surface area contributed by atoms with Crippen molar-refractivity contribution in [1.82, 2.24) is 10.3 Å². The van der Waals surface area contributed by atoms with Crippen molar-refractivity contribution >= 4 is 28.9 Å². The Kier molecular flexibility index (Phi) is 4.49. The van der Waals surface area contributed by atoms with Crippen molar-refractivity contribution in [3.05, 3.63) is 69.7 Å². The van der Waals surface area contributed by atoms with Gasteiger partial charge in [-0.2, -0.15) is 5.10 Å². The van der Waals surface area contributed by atoms with Crippen molar-refractivity contribution in [1.29, 1.82) is 0 Å². The van der Waals surface area contributed by atoms with E-state index in [4.69, 9.17) is 23.2 Å². The highest BCUT2D eigenvalue weighted by atomic mass is 35.5. The number of hydrazone groups is 1. The average Bonchev–Trinajstić information content (AvgIpc) is 2.99. The summed E-state index contributed by atoms with van der Waals surface area (Å²) in [4.78, 5) is 2.49. The van der Waals surface area contributed by atoms with Gasteiger partial charge in [-0.1, -0.05) is 59.6 Å². The van der Waals surface area contributed by atoms with Crippen molar-refractivity contribution in [3.63, 3.8) is 0 Å². The molecule has 1 fully saturated rings. The number of rotatable bonds is 3. The van der Waals surface area contributed by atoms with Crippen LogP contribution in [0.2, 0.25) is 10.0 Å². The zero-order valence-corrected chi connectivity index (χ0v) is 14.8. The second-order valence-electron chi connectivity index (χ2n) is 6.42. The number of likely N-dealkylation sites (tertiary alicyclic amines) is 1. The third kappa shape index (κ3) is 3.04. The topological polar surface area (TPSA) is 27.6 Å². The van der Waals surface area contributed by atoms with Crippen LogP contribution in [-0.4, -0.2) is 23.7 Å². The molecule has 2 aromatic carbocycles. The second kappa shape index (κ2) is 6.75. The molecular formula is C19H19Cl2N3. The number of hydrogen-bond donors (Lipinski definition) is 1. The quantitative estimate of drug-likeness (QED) is 0.872. The first-order valence-corrected chi connectivity index (χ1v) is 9.00. The van der Waals surface area contributed by atoms with Crippen molar-refractivity contribution < 1.29 is 0 Å². The fourth-order valence-corrected chi connectivity index (χ4v) is 4.30. The van der Waals surface area contributed by atoms with Crippen LogP contribution in [0.4, 0.5) is 0 Å². The lowest BCUT2D eigenvalue weighted by Crippen LogP contribution is -2.41. The van der Waals surface area contributed by atoms with Gasteiger partial charge in [0, 0.05) is 53.3 Å². The zero-order chi connectivity index (χ0) is 16.5. The maximum absolute atomic E-state index is 6.42. The molecule has 2 heterocycles. The van der Waals surface area contributed by atoms with Gasteiger partial charge in [0.2, 0.25) is 0 Å². The van der Waals surface area contributed by atoms with E-state index in [0.29, 0.717) is 16.0 Å². The van der Waals surface area contributed by atoms with Crippen LogP contribution in [0.5, 0.6) is 0 Å². The zero-order valence-electron chi connectivity index (χ0n) is 13.3. The smallest absolute Gasteiger partial charge is 0.0811 e. The lowest BCUT2D eigenvalue weighted by molar-refractivity contribution is 0.220. The SMILES string of the molecule is Clc1cccc(Cl)c1C1NN=C2CCN(Cc3ccccc3)CC21. The van der Waals surface area contributed by atoms with Gasteiger partial charge in [-0.3, -0.25) is 4.90 Å². The number of piperidine rings is 1. The number of nitrogens with one attached hydrogen (secondary N) is 1. The molecule has 0 aromatic heterocycles. The molecule has 5 heteroatoms. The number of nitrogens with zero attached hydrogens (tertiary/aromatic N) is 2. The van der Waals surface area contributed by atoms with Crippen LogP contribution in [0.25, 0.3) is 0 Å². The van der Waals surface area contributed by atoms with E-state index in [-0.39, 0.29) is 6.04 Å². The molecule has 2 unspecified atom stereocenters. The van der Waals surface area contributed by atoms with Crippen LogP contribution in [0.15, 0.2) is 53.6 Å². The Bertz CT molecular complexity index is 740. The van der Waals surface area contributed by atoms with Crippen molar-refractivity contribution in [3.8, 4) is 0 Å². The molecule has 0 saturated carbocycles. The summed E-state index contributed by atoms with van der Waals surface area (Å²) in [5.74, 6) is 0.319. The predicted molar refractivity (Wildman–Crippen MR) is 99.6 cm³/mol. The minimum absolute atomic E-state index is 0.0553. The molecular weight excluding hydrogens is 341 g/mol. The highest BCUT2D eigenvalue weighted by Gasteiger charge is 2.38. The molecule has 4 rings (SSSR count). The molecule has 2 aromatic rings. The first-order chi connectivity index (χ1) is 11.7. The summed E-state index contributed by atoms with van der Waals surface area (Å²) in [5, 5.41) is 5.97. The highest BCUT2D eigenvalue weighted by Crippen LogP contribution is 2.39. The van der Waals surface area contributed by atoms with E-state index in [1.165, 1.54) is 11.3 Å². The monoisotopic (exact) mass is 359 g/mol. The summed E-state index contributed by atoms with van der Waals surface area (Å²) >= 11 is 12.8. The van der Waals surface area contributed by atoms with E-state index in [9.17, 15) is 0 Å². The molecule has 2 aliphatic rings. The molecule has 0 amide bonds. The third-order valence-electron chi connectivity index (χ3n) is 4.88. The summed E-state index contributed by atoms with van der Waals surface area (Å²) in [6.07, 6.45) is 0.989. The van der Waals surface area contributed by atoms with Gasteiger partial charge < -0.3 is 5.43 Å². The van der Waals surface area contributed by atoms with Gasteiger partial charge in [0.25, 0.3) is 0 Å². The molecule has 24 heavy (non-hydrogen) atoms. The Morgan fingerprint density at radius 1 is 1.04 bits per heavy atom. The molecule has 0 radical (unpaired) electrons. The highest BCUT2D eigenvalue weighted by molar-refractivity contribution is 6.36. The first kappa shape index (κ1) is 15.9. The van der Waals surface area contributed by atoms with Crippen LogP contribution in [0.1, 0.15) is 23.6 Å². The van der Waals surface area contributed by atoms with Crippen molar-refractivity contribution in [2.24, 2.45) is 11.0 Å². The molecule has 0 bridgehead atoms. The van der Waals surface area contributed by atoms with Crippen LogP contribution < -0.4 is 5.43 Å². The molecule has 0 aliphatic carbocycles. The van der Waals surface area contributed by atoms with Gasteiger partial charge in [0.15, 0.2) is 0 Å². The standard InChI is InChI=1S/C19H19Cl2N3/c20-15-7-4-8-16(21)18(15)19-14-12-24(10-9-17(14)22-23-19)11-13-5-2-1-3-6-13/h1-8,14,19,23H,9-12H2. The third-order valence-corrected chi connectivity index (χ3v) is 5.54. The summed E-state index contributed by atoms with van der Waals surface area (Å²) < 4.78 is 0. The maximum atomic E-state index is 6.42. The molecule has 0 spiro atoms. The molecule has 124 valence electrons. The van der Waals surface area contributed by atoms with Crippen LogP contribution in [-0.2, 0) is 6.54 Å². The number of benzene rings is 2. The van der Waals surface area contributed by atoms with Gasteiger partial charge in [-0.25, -0.2) is 0 Å². The molecule has 1 N–H and O–H groups in total. The molecule has 1 saturated heterocycles. The summed E-state index contributed by atoms with van der Waals surface area (Å²) in [5.41, 5.74) is 6.82. The fraction of sp³-hybridized carbons (Fsp3) is 0.316.